The van der Waals surface area contributed by atoms with Gasteiger partial charge >= 0.3 is 0 Å². The predicted octanol–water partition coefficient (Wildman–Crippen LogP) is 2.33. The van der Waals surface area contributed by atoms with E-state index < -0.39 is 0 Å². The highest BCUT2D eigenvalue weighted by atomic mass is 16.5. The molecule has 0 saturated carbocycles. The molecule has 1 rings (SSSR count). The van der Waals surface area contributed by atoms with Gasteiger partial charge in [-0.3, -0.25) is 4.79 Å². The van der Waals surface area contributed by atoms with Crippen LogP contribution in [0.2, 0.25) is 0 Å². The molecule has 0 aromatic heterocycles. The lowest BCUT2D eigenvalue weighted by molar-refractivity contribution is -0.123. The molecule has 0 aliphatic heterocycles. The normalized spacial score (nSPS) is 10.4. The zero-order valence-corrected chi connectivity index (χ0v) is 12.4. The van der Waals surface area contributed by atoms with Gasteiger partial charge in [0.2, 0.25) is 5.91 Å². The van der Waals surface area contributed by atoms with E-state index in [1.54, 1.807) is 14.2 Å². The molecule has 1 aromatic rings. The summed E-state index contributed by atoms with van der Waals surface area (Å²) in [5.74, 6) is 1.73. The first-order chi connectivity index (χ1) is 9.01. The molecule has 0 saturated heterocycles. The number of ether oxygens (including phenoxy) is 2. The van der Waals surface area contributed by atoms with Crippen LogP contribution < -0.4 is 14.8 Å². The highest BCUT2D eigenvalue weighted by molar-refractivity contribution is 5.77. The maximum Gasteiger partial charge on any atom is 0.222 e. The molecule has 1 aromatic carbocycles. The number of hydrogen-bond acceptors (Lipinski definition) is 3. The summed E-state index contributed by atoms with van der Waals surface area (Å²) < 4.78 is 10.7. The molecule has 1 N–H and O–H groups in total. The molecular formula is C15H23NO3. The third kappa shape index (κ3) is 3.88. The predicted molar refractivity (Wildman–Crippen MR) is 75.8 cm³/mol. The Morgan fingerprint density at radius 3 is 2.47 bits per heavy atom. The van der Waals surface area contributed by atoms with E-state index in [2.05, 4.69) is 5.32 Å². The highest BCUT2D eigenvalue weighted by Crippen LogP contribution is 2.31. The topological polar surface area (TPSA) is 47.6 Å². The van der Waals surface area contributed by atoms with E-state index in [0.29, 0.717) is 6.54 Å². The second kappa shape index (κ2) is 7.02. The molecule has 0 unspecified atom stereocenters. The van der Waals surface area contributed by atoms with Crippen molar-refractivity contribution < 1.29 is 14.3 Å². The first-order valence-corrected chi connectivity index (χ1v) is 6.49. The number of methoxy groups -OCH3 is 2. The number of nitrogens with one attached hydrogen (secondary N) is 1. The minimum absolute atomic E-state index is 0.0134. The van der Waals surface area contributed by atoms with Crippen molar-refractivity contribution in [3.8, 4) is 11.5 Å². The SMILES string of the molecule is COc1ccc(CCNC(=O)C(C)C)c(OC)c1C. The Morgan fingerprint density at radius 1 is 1.26 bits per heavy atom. The maximum absolute atomic E-state index is 11.5. The van der Waals surface area contributed by atoms with E-state index in [0.717, 1.165) is 29.0 Å². The quantitative estimate of drug-likeness (QED) is 0.858. The van der Waals surface area contributed by atoms with Crippen LogP contribution in [0, 0.1) is 12.8 Å². The molecule has 0 fully saturated rings. The summed E-state index contributed by atoms with van der Waals surface area (Å²) in [6.07, 6.45) is 0.743. The molecule has 0 spiro atoms. The van der Waals surface area contributed by atoms with Crippen LogP contribution in [0.25, 0.3) is 0 Å². The monoisotopic (exact) mass is 265 g/mol. The van der Waals surface area contributed by atoms with E-state index in [9.17, 15) is 4.79 Å². The van der Waals surface area contributed by atoms with Crippen LogP contribution in [-0.2, 0) is 11.2 Å². The average molecular weight is 265 g/mol. The molecule has 0 heterocycles. The summed E-state index contributed by atoms with van der Waals surface area (Å²) in [6.45, 7) is 6.34. The van der Waals surface area contributed by atoms with Gasteiger partial charge in [0.05, 0.1) is 14.2 Å². The number of carbonyl (C=O) groups is 1. The van der Waals surface area contributed by atoms with Gasteiger partial charge in [0.15, 0.2) is 0 Å². The molecule has 1 amide bonds. The van der Waals surface area contributed by atoms with Crippen LogP contribution in [0.1, 0.15) is 25.0 Å². The Morgan fingerprint density at radius 2 is 1.95 bits per heavy atom. The summed E-state index contributed by atoms with van der Waals surface area (Å²) in [4.78, 5) is 11.5. The fraction of sp³-hybridized carbons (Fsp3) is 0.533. The second-order valence-electron chi connectivity index (χ2n) is 4.78. The number of amides is 1. The first kappa shape index (κ1) is 15.3. The number of hydrogen-bond donors (Lipinski definition) is 1. The molecule has 0 radical (unpaired) electrons. The van der Waals surface area contributed by atoms with E-state index >= 15 is 0 Å². The van der Waals surface area contributed by atoms with Crippen LogP contribution in [0.15, 0.2) is 12.1 Å². The van der Waals surface area contributed by atoms with Crippen LogP contribution in [0.4, 0.5) is 0 Å². The molecule has 4 nitrogen and oxygen atoms in total. The smallest absolute Gasteiger partial charge is 0.222 e. The zero-order valence-electron chi connectivity index (χ0n) is 12.4. The minimum Gasteiger partial charge on any atom is -0.496 e. The third-order valence-electron chi connectivity index (χ3n) is 3.08. The summed E-state index contributed by atoms with van der Waals surface area (Å²) in [7, 11) is 3.29. The van der Waals surface area contributed by atoms with E-state index in [1.807, 2.05) is 32.9 Å². The van der Waals surface area contributed by atoms with Gasteiger partial charge in [0.25, 0.3) is 0 Å². The fourth-order valence-corrected chi connectivity index (χ4v) is 1.96. The number of carbonyl (C=O) groups excluding carboxylic acids is 1. The van der Waals surface area contributed by atoms with Gasteiger partial charge in [-0.2, -0.15) is 0 Å². The Bertz CT molecular complexity index is 441. The highest BCUT2D eigenvalue weighted by Gasteiger charge is 2.12. The molecule has 0 aliphatic carbocycles. The van der Waals surface area contributed by atoms with Gasteiger partial charge < -0.3 is 14.8 Å². The summed E-state index contributed by atoms with van der Waals surface area (Å²) >= 11 is 0. The van der Waals surface area contributed by atoms with Crippen LogP contribution in [0.5, 0.6) is 11.5 Å². The Labute approximate surface area is 115 Å². The minimum atomic E-state index is 0.0134. The van der Waals surface area contributed by atoms with E-state index in [1.165, 1.54) is 0 Å². The Hall–Kier alpha value is -1.71. The van der Waals surface area contributed by atoms with Gasteiger partial charge in [0.1, 0.15) is 11.5 Å². The van der Waals surface area contributed by atoms with Gasteiger partial charge in [-0.1, -0.05) is 19.9 Å². The van der Waals surface area contributed by atoms with Crippen molar-refractivity contribution in [3.05, 3.63) is 23.3 Å². The largest absolute Gasteiger partial charge is 0.496 e. The van der Waals surface area contributed by atoms with Gasteiger partial charge in [-0.05, 0) is 25.0 Å². The van der Waals surface area contributed by atoms with Gasteiger partial charge in [-0.25, -0.2) is 0 Å². The molecule has 0 aliphatic rings. The molecule has 4 heteroatoms. The number of benzene rings is 1. The number of rotatable bonds is 6. The van der Waals surface area contributed by atoms with E-state index in [-0.39, 0.29) is 11.8 Å². The second-order valence-corrected chi connectivity index (χ2v) is 4.78. The fourth-order valence-electron chi connectivity index (χ4n) is 1.96. The maximum atomic E-state index is 11.5. The van der Waals surface area contributed by atoms with Crippen LogP contribution in [0.3, 0.4) is 0 Å². The van der Waals surface area contributed by atoms with Crippen LogP contribution in [-0.4, -0.2) is 26.7 Å². The van der Waals surface area contributed by atoms with Crippen molar-refractivity contribution in [2.45, 2.75) is 27.2 Å². The van der Waals surface area contributed by atoms with Crippen molar-refractivity contribution in [2.24, 2.45) is 5.92 Å². The Balaban J connectivity index is 2.74. The summed E-state index contributed by atoms with van der Waals surface area (Å²) in [6, 6.07) is 3.91. The summed E-state index contributed by atoms with van der Waals surface area (Å²) in [5, 5.41) is 2.90. The lowest BCUT2D eigenvalue weighted by Gasteiger charge is -2.15. The molecule has 106 valence electrons. The zero-order chi connectivity index (χ0) is 14.4. The van der Waals surface area contributed by atoms with Crippen molar-refractivity contribution in [2.75, 3.05) is 20.8 Å². The third-order valence-corrected chi connectivity index (χ3v) is 3.08. The van der Waals surface area contributed by atoms with Crippen molar-refractivity contribution in [1.29, 1.82) is 0 Å². The summed E-state index contributed by atoms with van der Waals surface area (Å²) in [5.41, 5.74) is 2.06. The van der Waals surface area contributed by atoms with Gasteiger partial charge in [0, 0.05) is 18.0 Å². The van der Waals surface area contributed by atoms with Crippen LogP contribution >= 0.6 is 0 Å². The van der Waals surface area contributed by atoms with Crippen molar-refractivity contribution in [1.82, 2.24) is 5.32 Å². The first-order valence-electron chi connectivity index (χ1n) is 6.49. The standard InChI is InChI=1S/C15H23NO3/c1-10(2)15(17)16-9-8-12-6-7-13(18-4)11(3)14(12)19-5/h6-7,10H,8-9H2,1-5H3,(H,16,17). The molecule has 19 heavy (non-hydrogen) atoms. The molecular weight excluding hydrogens is 242 g/mol. The Kier molecular flexibility index (Phi) is 5.67. The van der Waals surface area contributed by atoms with Crippen molar-refractivity contribution >= 4 is 5.91 Å². The lowest BCUT2D eigenvalue weighted by atomic mass is 10.1. The van der Waals surface area contributed by atoms with Crippen molar-refractivity contribution in [3.63, 3.8) is 0 Å². The van der Waals surface area contributed by atoms with E-state index in [4.69, 9.17) is 9.47 Å². The average Bonchev–Trinajstić information content (AvgIpc) is 2.38. The van der Waals surface area contributed by atoms with Gasteiger partial charge in [-0.15, -0.1) is 0 Å². The molecule has 0 atom stereocenters. The lowest BCUT2D eigenvalue weighted by Crippen LogP contribution is -2.29. The molecule has 0 bridgehead atoms.